The van der Waals surface area contributed by atoms with Crippen LogP contribution in [0.2, 0.25) is 0 Å². The van der Waals surface area contributed by atoms with Gasteiger partial charge in [0.2, 0.25) is 0 Å². The maximum Gasteiger partial charge on any atom is 0.193 e. The summed E-state index contributed by atoms with van der Waals surface area (Å²) in [5.41, 5.74) is 1.16. The van der Waals surface area contributed by atoms with Gasteiger partial charge in [0.15, 0.2) is 17.5 Å². The molecule has 1 unspecified atom stereocenters. The first-order chi connectivity index (χ1) is 12.5. The third-order valence-electron chi connectivity index (χ3n) is 4.37. The Kier molecular flexibility index (Phi) is 9.88. The minimum Gasteiger partial charge on any atom is -0.493 e. The fourth-order valence-corrected chi connectivity index (χ4v) is 2.77. The SMILES string of the molecule is CCCCN(C)C(=NCC(c1ccc(OC)c(OC)c1)N(C)C)NCC. The Hall–Kier alpha value is -1.95. The number of nitrogens with one attached hydrogen (secondary N) is 1. The molecule has 0 amide bonds. The van der Waals surface area contributed by atoms with Crippen molar-refractivity contribution in [2.24, 2.45) is 4.99 Å². The largest absolute Gasteiger partial charge is 0.493 e. The number of hydrogen-bond donors (Lipinski definition) is 1. The average molecular weight is 365 g/mol. The van der Waals surface area contributed by atoms with Crippen molar-refractivity contribution in [2.45, 2.75) is 32.7 Å². The number of aliphatic imine (C=N–C) groups is 1. The third kappa shape index (κ3) is 6.41. The van der Waals surface area contributed by atoms with Crippen LogP contribution in [-0.4, -0.2) is 70.8 Å². The first-order valence-corrected chi connectivity index (χ1v) is 9.36. The molecule has 0 bridgehead atoms. The Balaban J connectivity index is 3.02. The van der Waals surface area contributed by atoms with E-state index < -0.39 is 0 Å². The van der Waals surface area contributed by atoms with Gasteiger partial charge in [-0.15, -0.1) is 0 Å². The molecule has 0 aliphatic carbocycles. The van der Waals surface area contributed by atoms with Crippen LogP contribution in [0.4, 0.5) is 0 Å². The fourth-order valence-electron chi connectivity index (χ4n) is 2.77. The smallest absolute Gasteiger partial charge is 0.193 e. The lowest BCUT2D eigenvalue weighted by atomic mass is 10.1. The molecule has 1 aromatic carbocycles. The molecule has 0 spiro atoms. The van der Waals surface area contributed by atoms with Gasteiger partial charge in [-0.25, -0.2) is 0 Å². The van der Waals surface area contributed by atoms with Crippen LogP contribution < -0.4 is 14.8 Å². The monoisotopic (exact) mass is 364 g/mol. The van der Waals surface area contributed by atoms with Crippen molar-refractivity contribution in [3.63, 3.8) is 0 Å². The molecule has 1 N–H and O–H groups in total. The van der Waals surface area contributed by atoms with Crippen LogP contribution in [0.15, 0.2) is 23.2 Å². The highest BCUT2D eigenvalue weighted by Crippen LogP contribution is 2.31. The van der Waals surface area contributed by atoms with Gasteiger partial charge in [0.05, 0.1) is 26.8 Å². The molecule has 0 aliphatic rings. The molecule has 6 heteroatoms. The molecule has 0 saturated carbocycles. The Morgan fingerprint density at radius 3 is 2.35 bits per heavy atom. The van der Waals surface area contributed by atoms with Gasteiger partial charge in [0, 0.05) is 20.1 Å². The second-order valence-electron chi connectivity index (χ2n) is 6.56. The number of ether oxygens (including phenoxy) is 2. The van der Waals surface area contributed by atoms with Crippen LogP contribution in [0.1, 0.15) is 38.3 Å². The van der Waals surface area contributed by atoms with Crippen molar-refractivity contribution >= 4 is 5.96 Å². The van der Waals surface area contributed by atoms with Crippen molar-refractivity contribution in [3.05, 3.63) is 23.8 Å². The summed E-state index contributed by atoms with van der Waals surface area (Å²) in [6.07, 6.45) is 2.34. The highest BCUT2D eigenvalue weighted by atomic mass is 16.5. The van der Waals surface area contributed by atoms with E-state index in [2.05, 4.69) is 56.2 Å². The zero-order valence-corrected chi connectivity index (χ0v) is 17.5. The van der Waals surface area contributed by atoms with Gasteiger partial charge < -0.3 is 24.6 Å². The van der Waals surface area contributed by atoms with Crippen LogP contribution in [-0.2, 0) is 0 Å². The summed E-state index contributed by atoms with van der Waals surface area (Å²) in [4.78, 5) is 9.26. The lowest BCUT2D eigenvalue weighted by Gasteiger charge is -2.26. The molecule has 1 rings (SSSR count). The van der Waals surface area contributed by atoms with Crippen LogP contribution in [0.5, 0.6) is 11.5 Å². The number of unbranched alkanes of at least 4 members (excludes halogenated alkanes) is 1. The quantitative estimate of drug-likeness (QED) is 0.511. The molecule has 6 nitrogen and oxygen atoms in total. The van der Waals surface area contributed by atoms with E-state index in [-0.39, 0.29) is 6.04 Å². The molecule has 148 valence electrons. The van der Waals surface area contributed by atoms with Gasteiger partial charge in [-0.05, 0) is 45.1 Å². The summed E-state index contributed by atoms with van der Waals surface area (Å²) in [6, 6.07) is 6.22. The fraction of sp³-hybridized carbons (Fsp3) is 0.650. The summed E-state index contributed by atoms with van der Waals surface area (Å²) < 4.78 is 10.8. The number of likely N-dealkylation sites (N-methyl/N-ethyl adjacent to an activating group) is 1. The van der Waals surface area contributed by atoms with Gasteiger partial charge in [-0.1, -0.05) is 19.4 Å². The normalized spacial score (nSPS) is 12.8. The molecule has 0 radical (unpaired) electrons. The van der Waals surface area contributed by atoms with Gasteiger partial charge in [0.1, 0.15) is 0 Å². The molecule has 26 heavy (non-hydrogen) atoms. The number of methoxy groups -OCH3 is 2. The second kappa shape index (κ2) is 11.6. The van der Waals surface area contributed by atoms with Crippen LogP contribution in [0.3, 0.4) is 0 Å². The lowest BCUT2D eigenvalue weighted by molar-refractivity contribution is 0.302. The van der Waals surface area contributed by atoms with Crippen LogP contribution >= 0.6 is 0 Å². The summed E-state index contributed by atoms with van der Waals surface area (Å²) in [6.45, 7) is 6.84. The summed E-state index contributed by atoms with van der Waals surface area (Å²) in [5, 5.41) is 3.39. The molecular formula is C20H36N4O2. The van der Waals surface area contributed by atoms with Gasteiger partial charge in [-0.2, -0.15) is 0 Å². The minimum absolute atomic E-state index is 0.156. The van der Waals surface area contributed by atoms with Crippen molar-refractivity contribution in [2.75, 3.05) is 55.0 Å². The first-order valence-electron chi connectivity index (χ1n) is 9.36. The Morgan fingerprint density at radius 2 is 1.81 bits per heavy atom. The molecule has 1 atom stereocenters. The number of nitrogens with zero attached hydrogens (tertiary/aromatic N) is 3. The number of benzene rings is 1. The van der Waals surface area contributed by atoms with Crippen molar-refractivity contribution in [3.8, 4) is 11.5 Å². The molecule has 1 aromatic rings. The van der Waals surface area contributed by atoms with E-state index in [0.29, 0.717) is 6.54 Å². The van der Waals surface area contributed by atoms with Crippen molar-refractivity contribution in [1.29, 1.82) is 0 Å². The summed E-state index contributed by atoms with van der Waals surface area (Å²) >= 11 is 0. The van der Waals surface area contributed by atoms with E-state index in [0.717, 1.165) is 42.5 Å². The number of rotatable bonds is 10. The predicted molar refractivity (Wildman–Crippen MR) is 109 cm³/mol. The Labute approximate surface area is 159 Å². The second-order valence-corrected chi connectivity index (χ2v) is 6.56. The van der Waals surface area contributed by atoms with E-state index in [9.17, 15) is 0 Å². The summed E-state index contributed by atoms with van der Waals surface area (Å²) in [5.74, 6) is 2.44. The highest BCUT2D eigenvalue weighted by molar-refractivity contribution is 5.79. The summed E-state index contributed by atoms with van der Waals surface area (Å²) in [7, 11) is 9.56. The first kappa shape index (κ1) is 22.1. The van der Waals surface area contributed by atoms with Crippen LogP contribution in [0, 0.1) is 0 Å². The third-order valence-corrected chi connectivity index (χ3v) is 4.37. The molecule has 0 aliphatic heterocycles. The van der Waals surface area contributed by atoms with Crippen LogP contribution in [0.25, 0.3) is 0 Å². The predicted octanol–water partition coefficient (Wildman–Crippen LogP) is 3.00. The number of hydrogen-bond acceptors (Lipinski definition) is 4. The Bertz CT molecular complexity index is 561. The van der Waals surface area contributed by atoms with E-state index in [1.165, 1.54) is 6.42 Å². The lowest BCUT2D eigenvalue weighted by Crippen LogP contribution is -2.40. The van der Waals surface area contributed by atoms with Gasteiger partial charge in [-0.3, -0.25) is 4.99 Å². The van der Waals surface area contributed by atoms with Crippen molar-refractivity contribution < 1.29 is 9.47 Å². The molecule has 0 saturated heterocycles. The number of guanidine groups is 1. The Morgan fingerprint density at radius 1 is 1.12 bits per heavy atom. The molecular weight excluding hydrogens is 328 g/mol. The standard InChI is InChI=1S/C20H36N4O2/c1-8-10-13-24(5)20(21-9-2)22-15-17(23(3)4)16-11-12-18(25-6)19(14-16)26-7/h11-12,14,17H,8-10,13,15H2,1-7H3,(H,21,22). The molecule has 0 heterocycles. The van der Waals surface area contributed by atoms with E-state index in [4.69, 9.17) is 14.5 Å². The topological polar surface area (TPSA) is 49.3 Å². The maximum atomic E-state index is 5.45. The zero-order valence-electron chi connectivity index (χ0n) is 17.5. The molecule has 0 fully saturated rings. The van der Waals surface area contributed by atoms with Crippen molar-refractivity contribution in [1.82, 2.24) is 15.1 Å². The molecule has 0 aromatic heterocycles. The van der Waals surface area contributed by atoms with Gasteiger partial charge >= 0.3 is 0 Å². The van der Waals surface area contributed by atoms with Gasteiger partial charge in [0.25, 0.3) is 0 Å². The van der Waals surface area contributed by atoms with E-state index in [1.54, 1.807) is 14.2 Å². The maximum absolute atomic E-state index is 5.45. The minimum atomic E-state index is 0.156. The van der Waals surface area contributed by atoms with E-state index in [1.807, 2.05) is 12.1 Å². The zero-order chi connectivity index (χ0) is 19.5. The highest BCUT2D eigenvalue weighted by Gasteiger charge is 2.17. The van der Waals surface area contributed by atoms with E-state index >= 15 is 0 Å². The average Bonchev–Trinajstić information content (AvgIpc) is 2.64.